The summed E-state index contributed by atoms with van der Waals surface area (Å²) in [6.45, 7) is 1.82. The minimum absolute atomic E-state index is 0.151. The Labute approximate surface area is 77.7 Å². The third-order valence-electron chi connectivity index (χ3n) is 1.41. The van der Waals surface area contributed by atoms with Crippen molar-refractivity contribution in [1.82, 2.24) is 0 Å². The summed E-state index contributed by atoms with van der Waals surface area (Å²) in [6, 6.07) is 7.37. The highest BCUT2D eigenvalue weighted by Crippen LogP contribution is 2.24. The topological polar surface area (TPSA) is 58.9 Å². The fraction of sp³-hybridized carbons (Fsp3) is 0.250. The zero-order valence-corrected chi connectivity index (χ0v) is 8.07. The van der Waals surface area contributed by atoms with Crippen molar-refractivity contribution in [2.24, 2.45) is 0 Å². The summed E-state index contributed by atoms with van der Waals surface area (Å²) in [7, 11) is -2.33. The van der Waals surface area contributed by atoms with Crippen LogP contribution in [0.2, 0.25) is 0 Å². The average Bonchev–Trinajstić information content (AvgIpc) is 2.08. The lowest BCUT2D eigenvalue weighted by molar-refractivity contribution is 0.105. The molecule has 1 rings (SSSR count). The molecular formula is C8H11O4P. The van der Waals surface area contributed by atoms with Crippen LogP contribution in [0.3, 0.4) is 0 Å². The summed E-state index contributed by atoms with van der Waals surface area (Å²) in [5.41, 5.74) is 1.14. The van der Waals surface area contributed by atoms with E-state index in [0.717, 1.165) is 5.56 Å². The van der Waals surface area contributed by atoms with Crippen molar-refractivity contribution in [3.63, 3.8) is 0 Å². The van der Waals surface area contributed by atoms with E-state index in [1.165, 1.54) is 0 Å². The molecule has 0 saturated heterocycles. The molecule has 0 heterocycles. The molecule has 0 atom stereocenters. The van der Waals surface area contributed by atoms with Crippen molar-refractivity contribution in [3.05, 3.63) is 29.8 Å². The number of hydrogen-bond acceptors (Lipinski definition) is 4. The fourth-order valence-corrected chi connectivity index (χ4v) is 0.923. The zero-order valence-electron chi connectivity index (χ0n) is 7.17. The van der Waals surface area contributed by atoms with E-state index < -0.39 is 8.60 Å². The molecule has 0 aromatic heterocycles. The predicted molar refractivity (Wildman–Crippen MR) is 49.1 cm³/mol. The molecule has 4 nitrogen and oxygen atoms in total. The largest absolute Gasteiger partial charge is 0.467 e. The standard InChI is InChI=1S/C8H11O4P/c1-7-2-4-8(5-3-7)11-6-12-13(9)10/h2-5,9-10H,6H2,1H3. The molecule has 13 heavy (non-hydrogen) atoms. The normalized spacial score (nSPS) is 10.5. The van der Waals surface area contributed by atoms with Gasteiger partial charge in [-0.1, -0.05) is 17.7 Å². The maximum Gasteiger partial charge on any atom is 0.330 e. The predicted octanol–water partition coefficient (Wildman–Crippen LogP) is 1.56. The van der Waals surface area contributed by atoms with Gasteiger partial charge >= 0.3 is 8.60 Å². The monoisotopic (exact) mass is 202 g/mol. The zero-order chi connectivity index (χ0) is 9.68. The van der Waals surface area contributed by atoms with Crippen LogP contribution in [0, 0.1) is 6.92 Å². The van der Waals surface area contributed by atoms with Crippen LogP contribution < -0.4 is 4.74 Å². The number of aryl methyl sites for hydroxylation is 1. The van der Waals surface area contributed by atoms with Gasteiger partial charge in [0.25, 0.3) is 0 Å². The molecule has 0 radical (unpaired) electrons. The first kappa shape index (κ1) is 10.4. The van der Waals surface area contributed by atoms with Crippen LogP contribution in [-0.4, -0.2) is 16.6 Å². The number of rotatable bonds is 4. The van der Waals surface area contributed by atoms with Crippen LogP contribution in [-0.2, 0) is 4.52 Å². The third-order valence-corrected chi connectivity index (χ3v) is 1.75. The van der Waals surface area contributed by atoms with Gasteiger partial charge in [0, 0.05) is 0 Å². The van der Waals surface area contributed by atoms with Crippen molar-refractivity contribution < 1.29 is 19.0 Å². The molecule has 0 fully saturated rings. The molecule has 1 aromatic rings. The Hall–Kier alpha value is -0.670. The third kappa shape index (κ3) is 4.20. The van der Waals surface area contributed by atoms with Gasteiger partial charge in [0.05, 0.1) is 0 Å². The van der Waals surface area contributed by atoms with Gasteiger partial charge in [-0.3, -0.25) is 4.52 Å². The molecule has 0 unspecified atom stereocenters. The molecular weight excluding hydrogens is 191 g/mol. The second kappa shape index (κ2) is 5.14. The van der Waals surface area contributed by atoms with E-state index in [1.54, 1.807) is 12.1 Å². The van der Waals surface area contributed by atoms with Crippen LogP contribution in [0.5, 0.6) is 5.75 Å². The van der Waals surface area contributed by atoms with E-state index in [4.69, 9.17) is 14.5 Å². The molecule has 5 heteroatoms. The van der Waals surface area contributed by atoms with Gasteiger partial charge < -0.3 is 14.5 Å². The van der Waals surface area contributed by atoms with Gasteiger partial charge in [0.1, 0.15) is 5.75 Å². The summed E-state index contributed by atoms with van der Waals surface area (Å²) < 4.78 is 9.48. The molecule has 0 aliphatic heterocycles. The maximum atomic E-state index is 8.39. The van der Waals surface area contributed by atoms with E-state index >= 15 is 0 Å². The molecule has 72 valence electrons. The highest BCUT2D eigenvalue weighted by atomic mass is 31.2. The molecule has 2 N–H and O–H groups in total. The average molecular weight is 202 g/mol. The van der Waals surface area contributed by atoms with Crippen LogP contribution in [0.25, 0.3) is 0 Å². The summed E-state index contributed by atoms with van der Waals surface area (Å²) in [5, 5.41) is 0. The van der Waals surface area contributed by atoms with Gasteiger partial charge in [-0.25, -0.2) is 0 Å². The Morgan fingerprint density at radius 3 is 2.38 bits per heavy atom. The molecule has 0 aliphatic rings. The first-order valence-electron chi connectivity index (χ1n) is 3.69. The molecule has 0 bridgehead atoms. The van der Waals surface area contributed by atoms with Gasteiger partial charge in [0.2, 0.25) is 0 Å². The first-order chi connectivity index (χ1) is 6.18. The lowest BCUT2D eigenvalue weighted by atomic mass is 10.2. The molecule has 0 amide bonds. The van der Waals surface area contributed by atoms with Crippen molar-refractivity contribution in [1.29, 1.82) is 0 Å². The fourth-order valence-electron chi connectivity index (χ4n) is 0.776. The minimum Gasteiger partial charge on any atom is -0.467 e. The molecule has 0 aliphatic carbocycles. The highest BCUT2D eigenvalue weighted by molar-refractivity contribution is 7.39. The highest BCUT2D eigenvalue weighted by Gasteiger charge is 1.98. The van der Waals surface area contributed by atoms with Crippen LogP contribution in [0.4, 0.5) is 0 Å². The number of benzene rings is 1. The summed E-state index contributed by atoms with van der Waals surface area (Å²) in [4.78, 5) is 16.8. The van der Waals surface area contributed by atoms with E-state index in [1.807, 2.05) is 19.1 Å². The summed E-state index contributed by atoms with van der Waals surface area (Å²) >= 11 is 0. The molecule has 0 saturated carbocycles. The summed E-state index contributed by atoms with van der Waals surface area (Å²) in [5.74, 6) is 0.641. The minimum atomic E-state index is -2.33. The quantitative estimate of drug-likeness (QED) is 0.574. The van der Waals surface area contributed by atoms with Crippen molar-refractivity contribution >= 4 is 8.60 Å². The van der Waals surface area contributed by atoms with Crippen molar-refractivity contribution in [3.8, 4) is 5.75 Å². The number of hydrogen-bond donors (Lipinski definition) is 2. The smallest absolute Gasteiger partial charge is 0.330 e. The Kier molecular flexibility index (Phi) is 4.12. The lowest BCUT2D eigenvalue weighted by Crippen LogP contribution is -1.98. The first-order valence-corrected chi connectivity index (χ1v) is 4.85. The Bertz CT molecular complexity index is 247. The van der Waals surface area contributed by atoms with Crippen molar-refractivity contribution in [2.75, 3.05) is 6.79 Å². The van der Waals surface area contributed by atoms with E-state index in [0.29, 0.717) is 5.75 Å². The van der Waals surface area contributed by atoms with Crippen LogP contribution in [0.1, 0.15) is 5.56 Å². The van der Waals surface area contributed by atoms with Gasteiger partial charge in [-0.05, 0) is 19.1 Å². The second-order valence-corrected chi connectivity index (χ2v) is 3.22. The van der Waals surface area contributed by atoms with Gasteiger partial charge in [0.15, 0.2) is 6.79 Å². The van der Waals surface area contributed by atoms with E-state index in [-0.39, 0.29) is 6.79 Å². The Morgan fingerprint density at radius 2 is 1.85 bits per heavy atom. The molecule has 0 spiro atoms. The SMILES string of the molecule is Cc1ccc(OCOP(O)O)cc1. The summed E-state index contributed by atoms with van der Waals surface area (Å²) in [6.07, 6.45) is 0. The van der Waals surface area contributed by atoms with Gasteiger partial charge in [-0.15, -0.1) is 0 Å². The Morgan fingerprint density at radius 1 is 1.23 bits per heavy atom. The number of ether oxygens (including phenoxy) is 1. The van der Waals surface area contributed by atoms with Crippen LogP contribution >= 0.6 is 8.60 Å². The van der Waals surface area contributed by atoms with E-state index in [2.05, 4.69) is 4.52 Å². The molecule has 1 aromatic carbocycles. The Balaban J connectivity index is 2.33. The van der Waals surface area contributed by atoms with Crippen molar-refractivity contribution in [2.45, 2.75) is 6.92 Å². The van der Waals surface area contributed by atoms with Gasteiger partial charge in [-0.2, -0.15) is 0 Å². The lowest BCUT2D eigenvalue weighted by Gasteiger charge is -2.06. The maximum absolute atomic E-state index is 8.39. The second-order valence-electron chi connectivity index (χ2n) is 2.46. The van der Waals surface area contributed by atoms with E-state index in [9.17, 15) is 0 Å². The van der Waals surface area contributed by atoms with Crippen LogP contribution in [0.15, 0.2) is 24.3 Å².